The highest BCUT2D eigenvalue weighted by atomic mass is 35.5. The molecule has 0 bridgehead atoms. The van der Waals surface area contributed by atoms with Crippen molar-refractivity contribution in [1.82, 2.24) is 14.6 Å². The molecule has 2 heterocycles. The van der Waals surface area contributed by atoms with Crippen LogP contribution in [0.5, 0.6) is 5.75 Å². The third-order valence-corrected chi connectivity index (χ3v) is 6.14. The van der Waals surface area contributed by atoms with Crippen LogP contribution in [-0.2, 0) is 10.0 Å². The highest BCUT2D eigenvalue weighted by Crippen LogP contribution is 2.34. The van der Waals surface area contributed by atoms with Gasteiger partial charge in [0.1, 0.15) is 10.6 Å². The molecule has 6 nitrogen and oxygen atoms in total. The van der Waals surface area contributed by atoms with Crippen LogP contribution in [0.1, 0.15) is 11.6 Å². The number of ether oxygens (including phenoxy) is 1. The Morgan fingerprint density at radius 3 is 2.84 bits per heavy atom. The van der Waals surface area contributed by atoms with E-state index in [0.717, 1.165) is 5.56 Å². The first-order valence-corrected chi connectivity index (χ1v) is 9.32. The van der Waals surface area contributed by atoms with E-state index in [1.165, 1.54) is 17.5 Å². The molecule has 3 rings (SSSR count). The summed E-state index contributed by atoms with van der Waals surface area (Å²) >= 11 is 6.01. The predicted molar refractivity (Wildman–Crippen MR) is 99.0 cm³/mol. The normalized spacial score (nSPS) is 18.4. The van der Waals surface area contributed by atoms with E-state index in [2.05, 4.69) is 10.3 Å². The van der Waals surface area contributed by atoms with E-state index in [1.54, 1.807) is 30.6 Å². The molecule has 1 aromatic carbocycles. The van der Waals surface area contributed by atoms with Gasteiger partial charge < -0.3 is 10.1 Å². The molecule has 0 amide bonds. The lowest BCUT2D eigenvalue weighted by molar-refractivity contribution is 0.270. The minimum Gasteiger partial charge on any atom is -0.495 e. The molecule has 0 spiro atoms. The summed E-state index contributed by atoms with van der Waals surface area (Å²) in [4.78, 5) is 4.18. The second-order valence-electron chi connectivity index (χ2n) is 5.42. The molecule has 136 valence electrons. The Labute approximate surface area is 158 Å². The quantitative estimate of drug-likeness (QED) is 0.848. The van der Waals surface area contributed by atoms with Crippen LogP contribution in [0.4, 0.5) is 0 Å². The zero-order valence-electron chi connectivity index (χ0n) is 13.6. The Morgan fingerprint density at radius 2 is 2.16 bits per heavy atom. The number of sulfonamides is 1. The van der Waals surface area contributed by atoms with Crippen molar-refractivity contribution in [3.05, 3.63) is 53.3 Å². The number of benzene rings is 1. The Morgan fingerprint density at radius 1 is 1.36 bits per heavy atom. The van der Waals surface area contributed by atoms with Gasteiger partial charge in [-0.05, 0) is 29.8 Å². The molecule has 1 unspecified atom stereocenters. The molecule has 0 radical (unpaired) electrons. The third-order valence-electron chi connectivity index (χ3n) is 3.98. The molecule has 1 aromatic heterocycles. The molecule has 1 aliphatic heterocycles. The van der Waals surface area contributed by atoms with Crippen LogP contribution in [0.25, 0.3) is 0 Å². The average molecular weight is 404 g/mol. The van der Waals surface area contributed by atoms with Gasteiger partial charge in [0.2, 0.25) is 10.0 Å². The summed E-state index contributed by atoms with van der Waals surface area (Å²) in [5.74, 6) is 0.280. The SMILES string of the molecule is COc1ccc(Cl)cc1S(=O)(=O)N1CCNCC1c1cccnc1.Cl. The second kappa shape index (κ2) is 8.33. The van der Waals surface area contributed by atoms with Crippen LogP contribution in [0.15, 0.2) is 47.6 Å². The largest absolute Gasteiger partial charge is 0.495 e. The number of nitrogens with zero attached hydrogens (tertiary/aromatic N) is 2. The molecule has 0 saturated carbocycles. The van der Waals surface area contributed by atoms with Gasteiger partial charge in [-0.3, -0.25) is 4.98 Å². The summed E-state index contributed by atoms with van der Waals surface area (Å²) < 4.78 is 33.2. The zero-order valence-corrected chi connectivity index (χ0v) is 15.9. The lowest BCUT2D eigenvalue weighted by Crippen LogP contribution is -2.48. The van der Waals surface area contributed by atoms with Crippen molar-refractivity contribution in [2.45, 2.75) is 10.9 Å². The first kappa shape index (κ1) is 19.9. The van der Waals surface area contributed by atoms with Crippen LogP contribution in [0.3, 0.4) is 0 Å². The molecule has 2 aromatic rings. The van der Waals surface area contributed by atoms with Gasteiger partial charge in [-0.15, -0.1) is 12.4 Å². The number of hydrogen-bond acceptors (Lipinski definition) is 5. The van der Waals surface area contributed by atoms with Crippen molar-refractivity contribution in [2.75, 3.05) is 26.7 Å². The van der Waals surface area contributed by atoms with Crippen molar-refractivity contribution in [2.24, 2.45) is 0 Å². The van der Waals surface area contributed by atoms with E-state index in [-0.39, 0.29) is 29.1 Å². The van der Waals surface area contributed by atoms with E-state index in [1.807, 2.05) is 6.07 Å². The average Bonchev–Trinajstić information content (AvgIpc) is 2.62. The van der Waals surface area contributed by atoms with Crippen LogP contribution >= 0.6 is 24.0 Å². The van der Waals surface area contributed by atoms with E-state index in [0.29, 0.717) is 24.7 Å². The molecule has 1 aliphatic rings. The molecule has 1 saturated heterocycles. The maximum atomic E-state index is 13.2. The number of halogens is 2. The van der Waals surface area contributed by atoms with Crippen LogP contribution in [0, 0.1) is 0 Å². The van der Waals surface area contributed by atoms with Crippen molar-refractivity contribution >= 4 is 34.0 Å². The molecular weight excluding hydrogens is 385 g/mol. The fraction of sp³-hybridized carbons (Fsp3) is 0.312. The fourth-order valence-electron chi connectivity index (χ4n) is 2.81. The number of pyridine rings is 1. The molecule has 1 atom stereocenters. The molecule has 1 fully saturated rings. The first-order chi connectivity index (χ1) is 11.5. The minimum absolute atomic E-state index is 0. The van der Waals surface area contributed by atoms with Crippen LogP contribution < -0.4 is 10.1 Å². The summed E-state index contributed by atoms with van der Waals surface area (Å²) in [6.45, 7) is 1.46. The number of methoxy groups -OCH3 is 1. The van der Waals surface area contributed by atoms with Crippen LogP contribution in [-0.4, -0.2) is 44.5 Å². The van der Waals surface area contributed by atoms with Crippen molar-refractivity contribution in [3.8, 4) is 5.75 Å². The van der Waals surface area contributed by atoms with Gasteiger partial charge in [-0.1, -0.05) is 17.7 Å². The maximum absolute atomic E-state index is 13.2. The molecule has 1 N–H and O–H groups in total. The summed E-state index contributed by atoms with van der Waals surface area (Å²) in [6, 6.07) is 7.95. The van der Waals surface area contributed by atoms with Gasteiger partial charge in [0.25, 0.3) is 0 Å². The molecule has 0 aliphatic carbocycles. The summed E-state index contributed by atoms with van der Waals surface area (Å²) in [5.41, 5.74) is 0.842. The molecular formula is C16H19Cl2N3O3S. The topological polar surface area (TPSA) is 71.5 Å². The monoisotopic (exact) mass is 403 g/mol. The smallest absolute Gasteiger partial charge is 0.247 e. The van der Waals surface area contributed by atoms with Crippen molar-refractivity contribution in [3.63, 3.8) is 0 Å². The summed E-state index contributed by atoms with van der Waals surface area (Å²) in [6.07, 6.45) is 3.36. The minimum atomic E-state index is -3.77. The fourth-order valence-corrected chi connectivity index (χ4v) is 4.84. The summed E-state index contributed by atoms with van der Waals surface area (Å²) in [7, 11) is -2.33. The van der Waals surface area contributed by atoms with E-state index >= 15 is 0 Å². The van der Waals surface area contributed by atoms with Gasteiger partial charge in [0, 0.05) is 37.1 Å². The highest BCUT2D eigenvalue weighted by molar-refractivity contribution is 7.89. The Kier molecular flexibility index (Phi) is 6.65. The van der Waals surface area contributed by atoms with Crippen LogP contribution in [0.2, 0.25) is 5.02 Å². The predicted octanol–water partition coefficient (Wildman–Crippen LogP) is 2.50. The van der Waals surface area contributed by atoms with Gasteiger partial charge in [-0.25, -0.2) is 8.42 Å². The Hall–Kier alpha value is -1.38. The number of nitrogens with one attached hydrogen (secondary N) is 1. The van der Waals surface area contributed by atoms with E-state index < -0.39 is 10.0 Å². The Bertz CT molecular complexity index is 819. The number of piperazine rings is 1. The first-order valence-electron chi connectivity index (χ1n) is 7.50. The van der Waals surface area contributed by atoms with Gasteiger partial charge in [0.05, 0.1) is 13.2 Å². The van der Waals surface area contributed by atoms with Crippen molar-refractivity contribution < 1.29 is 13.2 Å². The summed E-state index contributed by atoms with van der Waals surface area (Å²) in [5, 5.41) is 3.59. The standard InChI is InChI=1S/C16H18ClN3O3S.ClH/c1-23-15-5-4-13(17)9-16(15)24(21,22)20-8-7-19-11-14(20)12-3-2-6-18-10-12;/h2-6,9-10,14,19H,7-8,11H2,1H3;1H. The van der Waals surface area contributed by atoms with Gasteiger partial charge in [0.15, 0.2) is 0 Å². The number of rotatable bonds is 4. The van der Waals surface area contributed by atoms with E-state index in [4.69, 9.17) is 16.3 Å². The third kappa shape index (κ3) is 4.07. The van der Waals surface area contributed by atoms with Crippen molar-refractivity contribution in [1.29, 1.82) is 0 Å². The zero-order chi connectivity index (χ0) is 17.2. The molecule has 25 heavy (non-hydrogen) atoms. The number of hydrogen-bond donors (Lipinski definition) is 1. The highest BCUT2D eigenvalue weighted by Gasteiger charge is 2.36. The lowest BCUT2D eigenvalue weighted by atomic mass is 10.1. The lowest BCUT2D eigenvalue weighted by Gasteiger charge is -2.35. The second-order valence-corrected chi connectivity index (χ2v) is 7.71. The van der Waals surface area contributed by atoms with Gasteiger partial charge >= 0.3 is 0 Å². The maximum Gasteiger partial charge on any atom is 0.247 e. The van der Waals surface area contributed by atoms with Gasteiger partial charge in [-0.2, -0.15) is 4.31 Å². The molecule has 9 heteroatoms. The Balaban J connectivity index is 0.00000225. The van der Waals surface area contributed by atoms with E-state index in [9.17, 15) is 8.42 Å². The number of aromatic nitrogens is 1.